The number of carbonyl (C=O) groups excluding carboxylic acids is 1. The Morgan fingerprint density at radius 3 is 2.82 bits per heavy atom. The Kier molecular flexibility index (Phi) is 6.56. The maximum atomic E-state index is 10.7. The summed E-state index contributed by atoms with van der Waals surface area (Å²) in [5.74, 6) is -0.203. The minimum absolute atomic E-state index is 0.00639. The fraction of sp³-hybridized carbons (Fsp3) is 0.857. The summed E-state index contributed by atoms with van der Waals surface area (Å²) in [5, 5.41) is 8.58. The van der Waals surface area contributed by atoms with Crippen LogP contribution in [0.25, 0.3) is 0 Å². The average Bonchev–Trinajstić information content (AvgIpc) is 2.01. The molecule has 0 saturated heterocycles. The monoisotopic (exact) mass is 224 g/mol. The van der Waals surface area contributed by atoms with Crippen molar-refractivity contribution in [2.75, 3.05) is 13.2 Å². The molecule has 0 aliphatic heterocycles. The topological polar surface area (TPSA) is 46.5 Å². The van der Waals surface area contributed by atoms with Crippen molar-refractivity contribution in [2.45, 2.75) is 24.6 Å². The van der Waals surface area contributed by atoms with Crippen molar-refractivity contribution in [3.63, 3.8) is 0 Å². The number of hydrogen-bond donors (Lipinski definition) is 1. The molecule has 4 heteroatoms. The van der Waals surface area contributed by atoms with Crippen molar-refractivity contribution in [1.82, 2.24) is 0 Å². The first-order chi connectivity index (χ1) is 5.20. The van der Waals surface area contributed by atoms with Gasteiger partial charge in [-0.1, -0.05) is 15.9 Å². The molecule has 0 heterocycles. The first-order valence-electron chi connectivity index (χ1n) is 3.61. The first-order valence-corrected chi connectivity index (χ1v) is 4.52. The van der Waals surface area contributed by atoms with Gasteiger partial charge in [0.25, 0.3) is 0 Å². The lowest BCUT2D eigenvalue weighted by atomic mass is 10.2. The molecule has 1 atom stereocenters. The van der Waals surface area contributed by atoms with Crippen LogP contribution in [0.2, 0.25) is 0 Å². The van der Waals surface area contributed by atoms with Gasteiger partial charge in [-0.3, -0.25) is 4.79 Å². The van der Waals surface area contributed by atoms with Gasteiger partial charge in [-0.2, -0.15) is 0 Å². The third-order valence-corrected chi connectivity index (χ3v) is 1.91. The van der Waals surface area contributed by atoms with Crippen LogP contribution >= 0.6 is 15.9 Å². The van der Waals surface area contributed by atoms with Gasteiger partial charge in [0.2, 0.25) is 0 Å². The van der Waals surface area contributed by atoms with Gasteiger partial charge in [0.15, 0.2) is 0 Å². The second kappa shape index (κ2) is 6.61. The van der Waals surface area contributed by atoms with Crippen molar-refractivity contribution in [2.24, 2.45) is 0 Å². The largest absolute Gasteiger partial charge is 0.466 e. The molecule has 0 spiro atoms. The number of halogens is 1. The molecule has 0 aliphatic carbocycles. The van der Waals surface area contributed by atoms with E-state index in [0.29, 0.717) is 19.4 Å². The summed E-state index contributed by atoms with van der Waals surface area (Å²) in [6, 6.07) is 0. The van der Waals surface area contributed by atoms with Crippen LogP contribution in [0.1, 0.15) is 19.8 Å². The van der Waals surface area contributed by atoms with Gasteiger partial charge in [0.05, 0.1) is 13.2 Å². The number of alkyl halides is 1. The average molecular weight is 225 g/mol. The Balaban J connectivity index is 3.30. The van der Waals surface area contributed by atoms with Crippen LogP contribution in [0.15, 0.2) is 0 Å². The minimum Gasteiger partial charge on any atom is -0.466 e. The van der Waals surface area contributed by atoms with Crippen LogP contribution in [0.5, 0.6) is 0 Å². The van der Waals surface area contributed by atoms with Crippen molar-refractivity contribution < 1.29 is 14.6 Å². The highest BCUT2D eigenvalue weighted by atomic mass is 79.9. The van der Waals surface area contributed by atoms with E-state index in [4.69, 9.17) is 9.84 Å². The molecule has 0 rings (SSSR count). The molecule has 0 saturated carbocycles. The lowest BCUT2D eigenvalue weighted by Crippen LogP contribution is -2.09. The first kappa shape index (κ1) is 10.9. The van der Waals surface area contributed by atoms with Gasteiger partial charge in [-0.05, 0) is 13.3 Å². The number of aliphatic hydroxyl groups is 1. The number of carbonyl (C=O) groups is 1. The number of esters is 1. The van der Waals surface area contributed by atoms with Gasteiger partial charge in [0, 0.05) is 11.2 Å². The fourth-order valence-corrected chi connectivity index (χ4v) is 0.828. The van der Waals surface area contributed by atoms with E-state index in [0.717, 1.165) is 0 Å². The summed E-state index contributed by atoms with van der Waals surface area (Å²) in [6.45, 7) is 2.25. The van der Waals surface area contributed by atoms with Gasteiger partial charge in [0.1, 0.15) is 0 Å². The van der Waals surface area contributed by atoms with E-state index in [1.165, 1.54) is 0 Å². The SMILES string of the molecule is CCOC(=O)CCC(Br)CO. The third-order valence-electron chi connectivity index (χ3n) is 1.17. The molecule has 0 aromatic carbocycles. The molecule has 0 fully saturated rings. The van der Waals surface area contributed by atoms with Gasteiger partial charge in [-0.15, -0.1) is 0 Å². The van der Waals surface area contributed by atoms with E-state index >= 15 is 0 Å². The molecule has 0 aromatic rings. The molecule has 0 aromatic heterocycles. The second-order valence-corrected chi connectivity index (χ2v) is 3.42. The quantitative estimate of drug-likeness (QED) is 0.562. The summed E-state index contributed by atoms with van der Waals surface area (Å²) < 4.78 is 4.70. The van der Waals surface area contributed by atoms with Crippen LogP contribution in [0, 0.1) is 0 Å². The lowest BCUT2D eigenvalue weighted by molar-refractivity contribution is -0.143. The van der Waals surface area contributed by atoms with Crippen molar-refractivity contribution in [3.05, 3.63) is 0 Å². The van der Waals surface area contributed by atoms with Crippen LogP contribution in [0.4, 0.5) is 0 Å². The fourth-order valence-electron chi connectivity index (χ4n) is 0.599. The Morgan fingerprint density at radius 2 is 2.36 bits per heavy atom. The minimum atomic E-state index is -0.203. The van der Waals surface area contributed by atoms with Crippen molar-refractivity contribution in [3.8, 4) is 0 Å². The lowest BCUT2D eigenvalue weighted by Gasteiger charge is -2.04. The molecule has 0 amide bonds. The summed E-state index contributed by atoms with van der Waals surface area (Å²) in [5.41, 5.74) is 0. The number of ether oxygens (including phenoxy) is 1. The van der Waals surface area contributed by atoms with E-state index in [-0.39, 0.29) is 17.4 Å². The van der Waals surface area contributed by atoms with Gasteiger partial charge in [-0.25, -0.2) is 0 Å². The van der Waals surface area contributed by atoms with E-state index in [1.807, 2.05) is 0 Å². The summed E-state index contributed by atoms with van der Waals surface area (Å²) in [4.78, 5) is 10.7. The molecule has 0 bridgehead atoms. The molecule has 0 radical (unpaired) electrons. The Labute approximate surface area is 74.9 Å². The maximum absolute atomic E-state index is 10.7. The van der Waals surface area contributed by atoms with Crippen LogP contribution in [0.3, 0.4) is 0 Å². The number of hydrogen-bond acceptors (Lipinski definition) is 3. The van der Waals surface area contributed by atoms with Crippen molar-refractivity contribution >= 4 is 21.9 Å². The zero-order chi connectivity index (χ0) is 8.69. The van der Waals surface area contributed by atoms with Gasteiger partial charge >= 0.3 is 5.97 Å². The third kappa shape index (κ3) is 6.31. The highest BCUT2D eigenvalue weighted by Crippen LogP contribution is 2.07. The highest BCUT2D eigenvalue weighted by molar-refractivity contribution is 9.09. The van der Waals surface area contributed by atoms with E-state index in [1.54, 1.807) is 6.92 Å². The van der Waals surface area contributed by atoms with E-state index < -0.39 is 0 Å². The molecule has 3 nitrogen and oxygen atoms in total. The smallest absolute Gasteiger partial charge is 0.305 e. The summed E-state index contributed by atoms with van der Waals surface area (Å²) in [7, 11) is 0. The molecule has 1 N–H and O–H groups in total. The molecular formula is C7H13BrO3. The molecule has 11 heavy (non-hydrogen) atoms. The molecule has 1 unspecified atom stereocenters. The zero-order valence-corrected chi connectivity index (χ0v) is 8.13. The maximum Gasteiger partial charge on any atom is 0.305 e. The van der Waals surface area contributed by atoms with Crippen LogP contribution < -0.4 is 0 Å². The van der Waals surface area contributed by atoms with Crippen LogP contribution in [-0.4, -0.2) is 29.1 Å². The van der Waals surface area contributed by atoms with E-state index in [9.17, 15) is 4.79 Å². The predicted molar refractivity (Wildman–Crippen MR) is 45.7 cm³/mol. The standard InChI is InChI=1S/C7H13BrO3/c1-2-11-7(10)4-3-6(8)5-9/h6,9H,2-5H2,1H3. The Morgan fingerprint density at radius 1 is 1.73 bits per heavy atom. The highest BCUT2D eigenvalue weighted by Gasteiger charge is 2.06. The number of rotatable bonds is 5. The predicted octanol–water partition coefficient (Wildman–Crippen LogP) is 1.09. The molecule has 66 valence electrons. The summed E-state index contributed by atoms with van der Waals surface area (Å²) in [6.07, 6.45) is 0.986. The summed E-state index contributed by atoms with van der Waals surface area (Å²) >= 11 is 3.20. The normalized spacial score (nSPS) is 12.6. The Hall–Kier alpha value is -0.0900. The molecular weight excluding hydrogens is 212 g/mol. The van der Waals surface area contributed by atoms with Gasteiger partial charge < -0.3 is 9.84 Å². The second-order valence-electron chi connectivity index (χ2n) is 2.12. The van der Waals surface area contributed by atoms with Crippen molar-refractivity contribution in [1.29, 1.82) is 0 Å². The number of aliphatic hydroxyl groups excluding tert-OH is 1. The van der Waals surface area contributed by atoms with E-state index in [2.05, 4.69) is 15.9 Å². The molecule has 0 aliphatic rings. The Bertz CT molecular complexity index is 116. The zero-order valence-electron chi connectivity index (χ0n) is 6.55. The van der Waals surface area contributed by atoms with Crippen LogP contribution in [-0.2, 0) is 9.53 Å².